The molecule has 0 bridgehead atoms. The largest absolute Gasteiger partial charge is 0.497 e. The minimum absolute atomic E-state index is 0.0975. The molecule has 3 aromatic rings. The van der Waals surface area contributed by atoms with Crippen molar-refractivity contribution in [1.29, 1.82) is 5.41 Å². The van der Waals surface area contributed by atoms with Gasteiger partial charge in [0.15, 0.2) is 0 Å². The van der Waals surface area contributed by atoms with Gasteiger partial charge in [0, 0.05) is 18.3 Å². The van der Waals surface area contributed by atoms with Gasteiger partial charge < -0.3 is 10.1 Å². The van der Waals surface area contributed by atoms with Crippen LogP contribution in [0.3, 0.4) is 0 Å². The second kappa shape index (κ2) is 7.75. The molecule has 1 aromatic carbocycles. The third-order valence-electron chi connectivity index (χ3n) is 4.84. The van der Waals surface area contributed by atoms with Gasteiger partial charge in [-0.2, -0.15) is 0 Å². The highest BCUT2D eigenvalue weighted by Gasteiger charge is 2.23. The Morgan fingerprint density at radius 2 is 2.25 bits per heavy atom. The number of methoxy groups -OCH3 is 1. The van der Waals surface area contributed by atoms with E-state index in [1.807, 2.05) is 42.1 Å². The molecule has 0 amide bonds. The number of benzene rings is 1. The summed E-state index contributed by atoms with van der Waals surface area (Å²) in [6.07, 6.45) is 7.65. The van der Waals surface area contributed by atoms with E-state index in [-0.39, 0.29) is 6.04 Å². The van der Waals surface area contributed by atoms with Gasteiger partial charge in [-0.3, -0.25) is 10.1 Å². The fourth-order valence-corrected chi connectivity index (χ4v) is 3.01. The van der Waals surface area contributed by atoms with Crippen molar-refractivity contribution in [2.45, 2.75) is 32.4 Å². The van der Waals surface area contributed by atoms with Gasteiger partial charge in [0.25, 0.3) is 0 Å². The molecule has 1 aliphatic carbocycles. The summed E-state index contributed by atoms with van der Waals surface area (Å²) in [5.74, 6) is 2.04. The third-order valence-corrected chi connectivity index (χ3v) is 4.84. The van der Waals surface area contributed by atoms with Gasteiger partial charge in [-0.1, -0.05) is 17.3 Å². The van der Waals surface area contributed by atoms with Gasteiger partial charge in [0.2, 0.25) is 0 Å². The van der Waals surface area contributed by atoms with Crippen LogP contribution in [0.5, 0.6) is 5.75 Å². The predicted octanol–water partition coefficient (Wildman–Crippen LogP) is 3.08. The lowest BCUT2D eigenvalue weighted by Gasteiger charge is -2.15. The van der Waals surface area contributed by atoms with Crippen molar-refractivity contribution >= 4 is 11.5 Å². The van der Waals surface area contributed by atoms with Crippen molar-refractivity contribution in [1.82, 2.24) is 25.0 Å². The molecule has 0 spiro atoms. The van der Waals surface area contributed by atoms with Crippen LogP contribution >= 0.6 is 0 Å². The van der Waals surface area contributed by atoms with Crippen LogP contribution in [0.1, 0.15) is 42.6 Å². The number of hydrogen-bond acceptors (Lipinski definition) is 7. The molecule has 8 heteroatoms. The molecule has 1 unspecified atom stereocenters. The van der Waals surface area contributed by atoms with E-state index < -0.39 is 0 Å². The summed E-state index contributed by atoms with van der Waals surface area (Å²) in [4.78, 5) is 8.45. The average Bonchev–Trinajstić information content (AvgIpc) is 3.42. The third kappa shape index (κ3) is 4.00. The first-order chi connectivity index (χ1) is 13.6. The Kier molecular flexibility index (Phi) is 5.01. The van der Waals surface area contributed by atoms with Gasteiger partial charge in [0.05, 0.1) is 30.6 Å². The van der Waals surface area contributed by atoms with Crippen molar-refractivity contribution in [3.63, 3.8) is 0 Å². The van der Waals surface area contributed by atoms with E-state index in [1.165, 1.54) is 19.2 Å². The maximum absolute atomic E-state index is 8.61. The van der Waals surface area contributed by atoms with E-state index in [2.05, 4.69) is 25.6 Å². The number of aromatic nitrogens is 5. The van der Waals surface area contributed by atoms with E-state index in [0.717, 1.165) is 23.7 Å². The molecule has 4 rings (SSSR count). The van der Waals surface area contributed by atoms with E-state index in [4.69, 9.17) is 10.1 Å². The Balaban J connectivity index is 1.53. The topological polar surface area (TPSA) is 102 Å². The lowest BCUT2D eigenvalue weighted by Crippen LogP contribution is -2.14. The zero-order valence-corrected chi connectivity index (χ0v) is 16.0. The molecule has 2 heterocycles. The van der Waals surface area contributed by atoms with Crippen LogP contribution < -0.4 is 10.1 Å². The van der Waals surface area contributed by atoms with E-state index in [0.29, 0.717) is 22.8 Å². The summed E-state index contributed by atoms with van der Waals surface area (Å²) in [5.41, 5.74) is 2.53. The molecule has 0 radical (unpaired) electrons. The normalized spacial score (nSPS) is 14.5. The van der Waals surface area contributed by atoms with Crippen molar-refractivity contribution in [2.75, 3.05) is 12.4 Å². The van der Waals surface area contributed by atoms with Crippen LogP contribution in [0.2, 0.25) is 0 Å². The first-order valence-corrected chi connectivity index (χ1v) is 9.34. The summed E-state index contributed by atoms with van der Waals surface area (Å²) >= 11 is 0. The predicted molar refractivity (Wildman–Crippen MR) is 106 cm³/mol. The highest BCUT2D eigenvalue weighted by atomic mass is 16.5. The Hall–Kier alpha value is -3.29. The summed E-state index contributed by atoms with van der Waals surface area (Å²) < 4.78 is 7.17. The number of hydrogen-bond donors (Lipinski definition) is 2. The van der Waals surface area contributed by atoms with Crippen molar-refractivity contribution in [3.05, 3.63) is 59.8 Å². The van der Waals surface area contributed by atoms with Crippen LogP contribution in [-0.2, 0) is 6.54 Å². The number of anilines is 1. The van der Waals surface area contributed by atoms with Crippen molar-refractivity contribution in [2.24, 2.45) is 5.92 Å². The Morgan fingerprint density at radius 3 is 3.04 bits per heavy atom. The first kappa shape index (κ1) is 18.1. The maximum atomic E-state index is 8.61. The van der Waals surface area contributed by atoms with Crippen molar-refractivity contribution in [3.8, 4) is 5.75 Å². The zero-order chi connectivity index (χ0) is 19.5. The molecule has 0 aliphatic heterocycles. The number of ether oxygens (including phenoxy) is 1. The molecule has 1 saturated carbocycles. The second-order valence-corrected chi connectivity index (χ2v) is 7.07. The molecule has 1 atom stereocenters. The first-order valence-electron chi connectivity index (χ1n) is 9.34. The minimum atomic E-state index is -0.0975. The fourth-order valence-electron chi connectivity index (χ4n) is 3.01. The monoisotopic (exact) mass is 377 g/mol. The number of nitrogens with one attached hydrogen (secondary N) is 2. The van der Waals surface area contributed by atoms with Crippen LogP contribution in [0, 0.1) is 11.3 Å². The van der Waals surface area contributed by atoms with Gasteiger partial charge in [0.1, 0.15) is 23.6 Å². The van der Waals surface area contributed by atoms with Gasteiger partial charge in [-0.05, 0) is 37.8 Å². The highest BCUT2D eigenvalue weighted by Crippen LogP contribution is 2.30. The summed E-state index contributed by atoms with van der Waals surface area (Å²) in [6.45, 7) is 2.94. The molecule has 1 fully saturated rings. The quantitative estimate of drug-likeness (QED) is 0.585. The molecule has 8 nitrogen and oxygen atoms in total. The van der Waals surface area contributed by atoms with Crippen LogP contribution in [0.25, 0.3) is 0 Å². The fraction of sp³-hybridized carbons (Fsp3) is 0.350. The zero-order valence-electron chi connectivity index (χ0n) is 16.0. The van der Waals surface area contributed by atoms with E-state index >= 15 is 0 Å². The number of rotatable bonds is 8. The molecule has 144 valence electrons. The molecule has 1 aliphatic rings. The number of nitrogens with zero attached hydrogens (tertiary/aromatic N) is 5. The second-order valence-electron chi connectivity index (χ2n) is 7.07. The van der Waals surface area contributed by atoms with E-state index in [9.17, 15) is 0 Å². The van der Waals surface area contributed by atoms with Crippen LogP contribution in [-0.4, -0.2) is 37.8 Å². The van der Waals surface area contributed by atoms with Gasteiger partial charge >= 0.3 is 0 Å². The smallest absolute Gasteiger partial charge is 0.139 e. The minimum Gasteiger partial charge on any atom is -0.497 e. The van der Waals surface area contributed by atoms with Crippen molar-refractivity contribution < 1.29 is 4.74 Å². The standard InChI is InChI=1S/C20H23N7O/c1-13(18-11-27(26-25-18)10-14-6-7-14)24-20-17(9-22-12-23-20)19(21)15-4-3-5-16(8-15)28-2/h3-5,8-9,11-14,21H,6-7,10H2,1-2H3,(H,22,23,24). The lowest BCUT2D eigenvalue weighted by atomic mass is 10.0. The molecular formula is C20H23N7O. The Labute approximate surface area is 163 Å². The summed E-state index contributed by atoms with van der Waals surface area (Å²) in [5, 5.41) is 20.5. The van der Waals surface area contributed by atoms with E-state index in [1.54, 1.807) is 13.3 Å². The molecule has 0 saturated heterocycles. The van der Waals surface area contributed by atoms with Crippen LogP contribution in [0.4, 0.5) is 5.82 Å². The molecule has 28 heavy (non-hydrogen) atoms. The summed E-state index contributed by atoms with van der Waals surface area (Å²) in [7, 11) is 1.61. The Morgan fingerprint density at radius 1 is 1.39 bits per heavy atom. The molecular weight excluding hydrogens is 354 g/mol. The van der Waals surface area contributed by atoms with Gasteiger partial charge in [-0.25, -0.2) is 9.97 Å². The molecule has 2 N–H and O–H groups in total. The maximum Gasteiger partial charge on any atom is 0.139 e. The SMILES string of the molecule is COc1cccc(C(=N)c2cncnc2NC(C)c2cn(CC3CC3)nn2)c1. The average molecular weight is 377 g/mol. The van der Waals surface area contributed by atoms with Crippen LogP contribution in [0.15, 0.2) is 43.0 Å². The lowest BCUT2D eigenvalue weighted by molar-refractivity contribution is 0.414. The Bertz CT molecular complexity index is 980. The summed E-state index contributed by atoms with van der Waals surface area (Å²) in [6, 6.07) is 7.31. The molecule has 2 aromatic heterocycles. The van der Waals surface area contributed by atoms with Gasteiger partial charge in [-0.15, -0.1) is 5.10 Å². The highest BCUT2D eigenvalue weighted by molar-refractivity contribution is 6.13.